The lowest BCUT2D eigenvalue weighted by molar-refractivity contribution is -0.126. The minimum absolute atomic E-state index is 0.0566. The van der Waals surface area contributed by atoms with Gasteiger partial charge in [0, 0.05) is 38.3 Å². The van der Waals surface area contributed by atoms with Crippen LogP contribution in [0, 0.1) is 0 Å². The third-order valence-electron chi connectivity index (χ3n) is 2.41. The monoisotopic (exact) mass is 238 g/mol. The number of carbonyl (C=O) groups is 2. The summed E-state index contributed by atoms with van der Waals surface area (Å²) in [5.74, 6) is -0.113. The quantitative estimate of drug-likeness (QED) is 0.657. The first kappa shape index (κ1) is 15.4. The number of carbonyl (C=O) groups excluding carboxylic acids is 2. The van der Waals surface area contributed by atoms with Gasteiger partial charge in [0.1, 0.15) is 0 Å². The smallest absolute Gasteiger partial charge is 0.248 e. The normalized spacial score (nSPS) is 9.65. The van der Waals surface area contributed by atoms with Crippen molar-refractivity contribution >= 4 is 11.8 Å². The molecule has 0 aromatic heterocycles. The number of rotatable bonds is 6. The van der Waals surface area contributed by atoms with Gasteiger partial charge in [-0.3, -0.25) is 9.59 Å². The van der Waals surface area contributed by atoms with E-state index in [2.05, 4.69) is 13.2 Å². The van der Waals surface area contributed by atoms with Gasteiger partial charge >= 0.3 is 0 Å². The van der Waals surface area contributed by atoms with Gasteiger partial charge in [-0.15, -0.1) is 0 Å². The van der Waals surface area contributed by atoms with Gasteiger partial charge in [-0.1, -0.05) is 13.2 Å². The molecule has 0 aliphatic carbocycles. The minimum atomic E-state index is -0.0566. The molecule has 0 rings (SSSR count). The molecular formula is C13H22N2O2. The topological polar surface area (TPSA) is 40.6 Å². The lowest BCUT2D eigenvalue weighted by atomic mass is 10.2. The van der Waals surface area contributed by atoms with E-state index >= 15 is 0 Å². The minimum Gasteiger partial charge on any atom is -0.342 e. The molecule has 0 fully saturated rings. The highest BCUT2D eigenvalue weighted by atomic mass is 16.2. The summed E-state index contributed by atoms with van der Waals surface area (Å²) in [6.07, 6.45) is 0.741. The molecule has 0 radical (unpaired) electrons. The molecule has 0 spiro atoms. The average molecular weight is 238 g/mol. The van der Waals surface area contributed by atoms with Gasteiger partial charge in [-0.05, 0) is 20.3 Å². The van der Waals surface area contributed by atoms with E-state index in [-0.39, 0.29) is 11.8 Å². The van der Waals surface area contributed by atoms with Crippen molar-refractivity contribution in [3.63, 3.8) is 0 Å². The number of hydrogen-bond donors (Lipinski definition) is 0. The molecule has 0 heterocycles. The predicted molar refractivity (Wildman–Crippen MR) is 69.5 cm³/mol. The Morgan fingerprint density at radius 3 is 1.41 bits per heavy atom. The fraction of sp³-hybridized carbons (Fsp3) is 0.538. The molecule has 0 bridgehead atoms. The van der Waals surface area contributed by atoms with E-state index in [9.17, 15) is 9.59 Å². The fourth-order valence-corrected chi connectivity index (χ4v) is 1.40. The Morgan fingerprint density at radius 1 is 0.882 bits per heavy atom. The van der Waals surface area contributed by atoms with Crippen molar-refractivity contribution in [2.24, 2.45) is 0 Å². The maximum absolute atomic E-state index is 11.5. The molecule has 4 nitrogen and oxygen atoms in total. The van der Waals surface area contributed by atoms with E-state index < -0.39 is 0 Å². The molecule has 0 atom stereocenters. The SMILES string of the molecule is C=C(C)C(=O)N(C)CCCN(C)C(=O)C(=C)C. The Bertz CT molecular complexity index is 302. The van der Waals surface area contributed by atoms with Gasteiger partial charge in [0.15, 0.2) is 0 Å². The van der Waals surface area contributed by atoms with Gasteiger partial charge in [0.2, 0.25) is 11.8 Å². The molecule has 4 heteroatoms. The van der Waals surface area contributed by atoms with Crippen LogP contribution in [0.4, 0.5) is 0 Å². The third kappa shape index (κ3) is 5.33. The Morgan fingerprint density at radius 2 is 1.18 bits per heavy atom. The summed E-state index contributed by atoms with van der Waals surface area (Å²) in [6.45, 7) is 11.8. The molecule has 0 saturated carbocycles. The first-order valence-electron chi connectivity index (χ1n) is 5.59. The molecule has 2 amide bonds. The van der Waals surface area contributed by atoms with E-state index in [1.54, 1.807) is 37.7 Å². The first-order valence-corrected chi connectivity index (χ1v) is 5.59. The molecule has 0 aromatic carbocycles. The summed E-state index contributed by atoms with van der Waals surface area (Å²) in [4.78, 5) is 26.2. The lowest BCUT2D eigenvalue weighted by Crippen LogP contribution is -2.33. The highest BCUT2D eigenvalue weighted by molar-refractivity contribution is 5.92. The molecule has 0 aromatic rings. The largest absolute Gasteiger partial charge is 0.342 e. The maximum Gasteiger partial charge on any atom is 0.248 e. The molecule has 0 unspecified atom stereocenters. The fourth-order valence-electron chi connectivity index (χ4n) is 1.40. The number of likely N-dealkylation sites (N-methyl/N-ethyl adjacent to an activating group) is 2. The highest BCUT2D eigenvalue weighted by Gasteiger charge is 2.11. The molecule has 17 heavy (non-hydrogen) atoms. The zero-order valence-electron chi connectivity index (χ0n) is 11.2. The van der Waals surface area contributed by atoms with E-state index in [0.29, 0.717) is 24.2 Å². The first-order chi connectivity index (χ1) is 7.77. The third-order valence-corrected chi connectivity index (χ3v) is 2.41. The van der Waals surface area contributed by atoms with Crippen molar-refractivity contribution in [2.75, 3.05) is 27.2 Å². The van der Waals surface area contributed by atoms with Crippen molar-refractivity contribution in [3.05, 3.63) is 24.3 Å². The number of nitrogens with zero attached hydrogens (tertiary/aromatic N) is 2. The second kappa shape index (κ2) is 6.89. The van der Waals surface area contributed by atoms with Crippen LogP contribution in [0.2, 0.25) is 0 Å². The molecular weight excluding hydrogens is 216 g/mol. The second-order valence-corrected chi connectivity index (χ2v) is 4.37. The summed E-state index contributed by atoms with van der Waals surface area (Å²) in [7, 11) is 3.47. The van der Waals surface area contributed by atoms with Crippen LogP contribution < -0.4 is 0 Å². The highest BCUT2D eigenvalue weighted by Crippen LogP contribution is 2.00. The van der Waals surface area contributed by atoms with Crippen LogP contribution in [0.1, 0.15) is 20.3 Å². The summed E-state index contributed by atoms with van der Waals surface area (Å²) in [5, 5.41) is 0. The van der Waals surface area contributed by atoms with Crippen LogP contribution >= 0.6 is 0 Å². The van der Waals surface area contributed by atoms with Crippen LogP contribution in [-0.4, -0.2) is 48.8 Å². The Labute approximate surface area is 104 Å². The van der Waals surface area contributed by atoms with Crippen molar-refractivity contribution in [1.82, 2.24) is 9.80 Å². The van der Waals surface area contributed by atoms with E-state index in [0.717, 1.165) is 6.42 Å². The Kier molecular flexibility index (Phi) is 6.25. The Balaban J connectivity index is 4.00. The van der Waals surface area contributed by atoms with E-state index in [1.807, 2.05) is 0 Å². The van der Waals surface area contributed by atoms with Gasteiger partial charge in [-0.25, -0.2) is 0 Å². The van der Waals surface area contributed by atoms with Crippen molar-refractivity contribution in [2.45, 2.75) is 20.3 Å². The zero-order chi connectivity index (χ0) is 13.6. The van der Waals surface area contributed by atoms with Crippen molar-refractivity contribution < 1.29 is 9.59 Å². The van der Waals surface area contributed by atoms with Crippen LogP contribution in [-0.2, 0) is 9.59 Å². The summed E-state index contributed by atoms with van der Waals surface area (Å²) >= 11 is 0. The van der Waals surface area contributed by atoms with Gasteiger partial charge in [-0.2, -0.15) is 0 Å². The maximum atomic E-state index is 11.5. The summed E-state index contributed by atoms with van der Waals surface area (Å²) in [6, 6.07) is 0. The molecule has 0 aliphatic rings. The standard InChI is InChI=1S/C13H22N2O2/c1-10(2)12(16)14(5)8-7-9-15(6)13(17)11(3)4/h1,3,7-9H2,2,4-6H3. The Hall–Kier alpha value is -1.58. The van der Waals surface area contributed by atoms with Crippen molar-refractivity contribution in [1.29, 1.82) is 0 Å². The molecule has 96 valence electrons. The van der Waals surface area contributed by atoms with Gasteiger partial charge in [0.05, 0.1) is 0 Å². The van der Waals surface area contributed by atoms with Crippen LogP contribution in [0.3, 0.4) is 0 Å². The van der Waals surface area contributed by atoms with Crippen LogP contribution in [0.5, 0.6) is 0 Å². The summed E-state index contributed by atoms with van der Waals surface area (Å²) in [5.41, 5.74) is 1.05. The van der Waals surface area contributed by atoms with E-state index in [4.69, 9.17) is 0 Å². The predicted octanol–water partition coefficient (Wildman–Crippen LogP) is 1.45. The van der Waals surface area contributed by atoms with E-state index in [1.165, 1.54) is 0 Å². The molecule has 0 N–H and O–H groups in total. The van der Waals surface area contributed by atoms with Gasteiger partial charge < -0.3 is 9.80 Å². The number of amides is 2. The summed E-state index contributed by atoms with van der Waals surface area (Å²) < 4.78 is 0. The van der Waals surface area contributed by atoms with Crippen LogP contribution in [0.15, 0.2) is 24.3 Å². The van der Waals surface area contributed by atoms with Crippen LogP contribution in [0.25, 0.3) is 0 Å². The average Bonchev–Trinajstić information content (AvgIpc) is 2.26. The lowest BCUT2D eigenvalue weighted by Gasteiger charge is -2.20. The van der Waals surface area contributed by atoms with Gasteiger partial charge in [0.25, 0.3) is 0 Å². The number of hydrogen-bond acceptors (Lipinski definition) is 2. The zero-order valence-corrected chi connectivity index (χ0v) is 11.2. The second-order valence-electron chi connectivity index (χ2n) is 4.37. The van der Waals surface area contributed by atoms with Crippen molar-refractivity contribution in [3.8, 4) is 0 Å². The molecule has 0 saturated heterocycles. The molecule has 0 aliphatic heterocycles.